The number of ether oxygens (including phenoxy) is 2. The van der Waals surface area contributed by atoms with Gasteiger partial charge in [-0.25, -0.2) is 0 Å². The lowest BCUT2D eigenvalue weighted by atomic mass is 9.82. The zero-order valence-corrected chi connectivity index (χ0v) is 16.1. The minimum absolute atomic E-state index is 0. The minimum atomic E-state index is -0.707. The van der Waals surface area contributed by atoms with Crippen LogP contribution in [0, 0.1) is 0 Å². The smallest absolute Gasteiger partial charge is 0.305 e. The fourth-order valence-corrected chi connectivity index (χ4v) is 2.98. The van der Waals surface area contributed by atoms with E-state index >= 15 is 0 Å². The number of methoxy groups -OCH3 is 1. The topological polar surface area (TPSA) is 90.6 Å². The Bertz CT molecular complexity index is 571. The molecule has 0 bridgehead atoms. The molecule has 0 spiro atoms. The zero-order chi connectivity index (χ0) is 18.1. The van der Waals surface area contributed by atoms with Crippen molar-refractivity contribution in [1.82, 2.24) is 5.32 Å². The van der Waals surface area contributed by atoms with Gasteiger partial charge >= 0.3 is 5.97 Å². The van der Waals surface area contributed by atoms with E-state index in [9.17, 15) is 9.59 Å². The van der Waals surface area contributed by atoms with Crippen molar-refractivity contribution < 1.29 is 19.1 Å². The molecule has 1 aromatic rings. The number of carbonyl (C=O) groups excluding carboxylic acids is 2. The van der Waals surface area contributed by atoms with Gasteiger partial charge in [-0.3, -0.25) is 9.59 Å². The zero-order valence-electron chi connectivity index (χ0n) is 15.3. The van der Waals surface area contributed by atoms with Gasteiger partial charge in [0.05, 0.1) is 19.3 Å². The summed E-state index contributed by atoms with van der Waals surface area (Å²) in [4.78, 5) is 23.3. The van der Waals surface area contributed by atoms with Crippen LogP contribution in [0.1, 0.15) is 50.5 Å². The number of hydrogen-bond acceptors (Lipinski definition) is 5. The first kappa shape index (κ1) is 22.3. The Morgan fingerprint density at radius 1 is 1.15 bits per heavy atom. The summed E-state index contributed by atoms with van der Waals surface area (Å²) in [6, 6.07) is 7.55. The number of nitrogens with two attached hydrogens (primary N) is 1. The standard InChI is InChI=1S/C19H28N2O4.ClH/c1-24-17(22)6-5-13-25-16-9-7-15(8-10-16)14-21-18(23)19(20)11-3-2-4-12-19;/h7-10H,2-6,11-14,20H2,1H3,(H,21,23);1H. The summed E-state index contributed by atoms with van der Waals surface area (Å²) in [5, 5.41) is 2.94. The van der Waals surface area contributed by atoms with Crippen LogP contribution in [0.3, 0.4) is 0 Å². The fraction of sp³-hybridized carbons (Fsp3) is 0.579. The maximum atomic E-state index is 12.3. The van der Waals surface area contributed by atoms with Gasteiger partial charge in [-0.1, -0.05) is 31.4 Å². The summed E-state index contributed by atoms with van der Waals surface area (Å²) in [6.45, 7) is 0.918. The van der Waals surface area contributed by atoms with Crippen LogP contribution in [0.15, 0.2) is 24.3 Å². The van der Waals surface area contributed by atoms with Crippen molar-refractivity contribution in [1.29, 1.82) is 0 Å². The van der Waals surface area contributed by atoms with Crippen LogP contribution in [-0.4, -0.2) is 31.1 Å². The van der Waals surface area contributed by atoms with E-state index in [-0.39, 0.29) is 24.3 Å². The van der Waals surface area contributed by atoms with Crippen LogP contribution in [0.25, 0.3) is 0 Å². The number of carbonyl (C=O) groups is 2. The van der Waals surface area contributed by atoms with Gasteiger partial charge in [0.25, 0.3) is 0 Å². The first-order chi connectivity index (χ1) is 12.0. The van der Waals surface area contributed by atoms with E-state index in [0.29, 0.717) is 26.0 Å². The largest absolute Gasteiger partial charge is 0.494 e. The molecule has 146 valence electrons. The Balaban J connectivity index is 0.00000338. The van der Waals surface area contributed by atoms with Crippen LogP contribution in [0.5, 0.6) is 5.75 Å². The number of nitrogens with one attached hydrogen (secondary N) is 1. The third kappa shape index (κ3) is 6.84. The van der Waals surface area contributed by atoms with Crippen molar-refractivity contribution in [2.45, 2.75) is 57.0 Å². The van der Waals surface area contributed by atoms with Crippen LogP contribution in [0.4, 0.5) is 0 Å². The van der Waals surface area contributed by atoms with Gasteiger partial charge in [0.2, 0.25) is 5.91 Å². The molecule has 1 fully saturated rings. The summed E-state index contributed by atoms with van der Waals surface area (Å²) in [5.41, 5.74) is 6.51. The Hall–Kier alpha value is -1.79. The van der Waals surface area contributed by atoms with Crippen molar-refractivity contribution in [3.8, 4) is 5.75 Å². The van der Waals surface area contributed by atoms with Crippen molar-refractivity contribution in [2.75, 3.05) is 13.7 Å². The average Bonchev–Trinajstić information content (AvgIpc) is 2.64. The van der Waals surface area contributed by atoms with Crippen molar-refractivity contribution in [3.63, 3.8) is 0 Å². The highest BCUT2D eigenvalue weighted by atomic mass is 35.5. The van der Waals surface area contributed by atoms with Gasteiger partial charge in [0, 0.05) is 13.0 Å². The number of benzene rings is 1. The molecule has 0 atom stereocenters. The molecule has 2 rings (SSSR count). The normalized spacial score (nSPS) is 15.5. The number of halogens is 1. The average molecular weight is 385 g/mol. The molecule has 1 aromatic carbocycles. The van der Waals surface area contributed by atoms with Gasteiger partial charge in [0.1, 0.15) is 5.75 Å². The van der Waals surface area contributed by atoms with Crippen LogP contribution in [0.2, 0.25) is 0 Å². The molecule has 0 saturated heterocycles. The van der Waals surface area contributed by atoms with Gasteiger partial charge in [-0.2, -0.15) is 0 Å². The molecular formula is C19H29ClN2O4. The molecular weight excluding hydrogens is 356 g/mol. The Morgan fingerprint density at radius 3 is 2.42 bits per heavy atom. The molecule has 6 nitrogen and oxygen atoms in total. The number of esters is 1. The van der Waals surface area contributed by atoms with E-state index in [1.807, 2.05) is 24.3 Å². The highest BCUT2D eigenvalue weighted by Gasteiger charge is 2.34. The number of hydrogen-bond donors (Lipinski definition) is 2. The minimum Gasteiger partial charge on any atom is -0.494 e. The predicted molar refractivity (Wildman–Crippen MR) is 102 cm³/mol. The molecule has 7 heteroatoms. The highest BCUT2D eigenvalue weighted by molar-refractivity contribution is 5.86. The quantitative estimate of drug-likeness (QED) is 0.531. The number of amides is 1. The van der Waals surface area contributed by atoms with Gasteiger partial charge < -0.3 is 20.5 Å². The molecule has 26 heavy (non-hydrogen) atoms. The molecule has 0 aromatic heterocycles. The van der Waals surface area contributed by atoms with Gasteiger partial charge in [0.15, 0.2) is 0 Å². The predicted octanol–water partition coefficient (Wildman–Crippen LogP) is 2.72. The lowest BCUT2D eigenvalue weighted by Crippen LogP contribution is -2.54. The van der Waals surface area contributed by atoms with Crippen molar-refractivity contribution in [3.05, 3.63) is 29.8 Å². The molecule has 0 unspecified atom stereocenters. The maximum Gasteiger partial charge on any atom is 0.305 e. The van der Waals surface area contributed by atoms with E-state index in [1.165, 1.54) is 7.11 Å². The van der Waals surface area contributed by atoms with Gasteiger partial charge in [-0.15, -0.1) is 12.4 Å². The van der Waals surface area contributed by atoms with E-state index in [4.69, 9.17) is 10.5 Å². The fourth-order valence-electron chi connectivity index (χ4n) is 2.98. The highest BCUT2D eigenvalue weighted by Crippen LogP contribution is 2.26. The van der Waals surface area contributed by atoms with E-state index in [0.717, 1.165) is 43.4 Å². The second kappa shape index (κ2) is 11.0. The third-order valence-electron chi connectivity index (χ3n) is 4.60. The van der Waals surface area contributed by atoms with Gasteiger partial charge in [-0.05, 0) is 37.0 Å². The SMILES string of the molecule is COC(=O)CCCOc1ccc(CNC(=O)C2(N)CCCCC2)cc1.Cl. The van der Waals surface area contributed by atoms with Crippen LogP contribution >= 0.6 is 12.4 Å². The van der Waals surface area contributed by atoms with Crippen molar-refractivity contribution in [2.24, 2.45) is 5.73 Å². The molecule has 1 aliphatic carbocycles. The molecule has 1 aliphatic rings. The number of rotatable bonds is 8. The summed E-state index contributed by atoms with van der Waals surface area (Å²) >= 11 is 0. The first-order valence-electron chi connectivity index (χ1n) is 8.89. The summed E-state index contributed by atoms with van der Waals surface area (Å²) < 4.78 is 10.2. The lowest BCUT2D eigenvalue weighted by Gasteiger charge is -2.31. The summed E-state index contributed by atoms with van der Waals surface area (Å²) in [7, 11) is 1.38. The van der Waals surface area contributed by atoms with Crippen LogP contribution in [-0.2, 0) is 20.9 Å². The Labute approximate surface area is 161 Å². The molecule has 0 aliphatic heterocycles. The van der Waals surface area contributed by atoms with Crippen LogP contribution < -0.4 is 15.8 Å². The Morgan fingerprint density at radius 2 is 1.81 bits per heavy atom. The second-order valence-corrected chi connectivity index (χ2v) is 6.57. The molecule has 1 amide bonds. The third-order valence-corrected chi connectivity index (χ3v) is 4.60. The first-order valence-corrected chi connectivity index (χ1v) is 8.89. The van der Waals surface area contributed by atoms with E-state index < -0.39 is 5.54 Å². The second-order valence-electron chi connectivity index (χ2n) is 6.57. The summed E-state index contributed by atoms with van der Waals surface area (Å²) in [5.74, 6) is 0.447. The monoisotopic (exact) mass is 384 g/mol. The van der Waals surface area contributed by atoms with Crippen molar-refractivity contribution >= 4 is 24.3 Å². The summed E-state index contributed by atoms with van der Waals surface area (Å²) in [6.07, 6.45) is 5.68. The molecule has 0 radical (unpaired) electrons. The molecule has 3 N–H and O–H groups in total. The Kier molecular flexibility index (Phi) is 9.44. The molecule has 1 saturated carbocycles. The van der Waals surface area contributed by atoms with E-state index in [2.05, 4.69) is 10.1 Å². The molecule has 0 heterocycles. The lowest BCUT2D eigenvalue weighted by molar-refractivity contribution is -0.140. The maximum absolute atomic E-state index is 12.3. The van der Waals surface area contributed by atoms with E-state index in [1.54, 1.807) is 0 Å².